The largest absolute Gasteiger partial charge is 0.462 e. The molecule has 6 aromatic carbocycles. The minimum absolute atomic E-state index is 0.0570. The highest BCUT2D eigenvalue weighted by Gasteiger charge is 2.74. The second-order valence-corrected chi connectivity index (χ2v) is 23.5. The van der Waals surface area contributed by atoms with Crippen molar-refractivity contribution in [1.29, 1.82) is 0 Å². The van der Waals surface area contributed by atoms with E-state index in [0.29, 0.717) is 11.1 Å². The SMILES string of the molecule is CCOC(=O)C1=C(OC(C)=O)C[C@@H](c2ccccc2)[C@]2([N+](=O)[O-])c3ccccc3N(S(=O)(=O)c3ccc(C)cc3)[C@H]12.CCOC(=O)C1=C(OC(C)=O)C[C@@H](c2ccccc2)[C@]2([N+](=O)[O-])c3ccccc3N(S(=O)(=O)c3ccc(C)cc3)[C@H]12. The van der Waals surface area contributed by atoms with Gasteiger partial charge in [0.05, 0.1) is 57.3 Å². The van der Waals surface area contributed by atoms with Gasteiger partial charge in [0.15, 0.2) is 12.1 Å². The summed E-state index contributed by atoms with van der Waals surface area (Å²) >= 11 is 0. The van der Waals surface area contributed by atoms with Gasteiger partial charge >= 0.3 is 23.9 Å². The van der Waals surface area contributed by atoms with Crippen LogP contribution in [0.2, 0.25) is 0 Å². The topological polar surface area (TPSA) is 266 Å². The molecule has 0 spiro atoms. The number of esters is 4. The monoisotopic (exact) mass is 1150 g/mol. The maximum absolute atomic E-state index is 14.4. The Bertz CT molecular complexity index is 3590. The highest BCUT2D eigenvalue weighted by atomic mass is 32.2. The van der Waals surface area contributed by atoms with Crippen molar-refractivity contribution in [3.05, 3.63) is 234 Å². The molecule has 0 unspecified atom stereocenters. The zero-order valence-electron chi connectivity index (χ0n) is 45.3. The minimum Gasteiger partial charge on any atom is -0.462 e. The number of fused-ring (bicyclic) bond motifs is 6. The van der Waals surface area contributed by atoms with Crippen LogP contribution in [-0.2, 0) is 69.3 Å². The molecule has 0 N–H and O–H groups in total. The molecule has 6 atom stereocenters. The van der Waals surface area contributed by atoms with E-state index < -0.39 is 88.8 Å². The van der Waals surface area contributed by atoms with Gasteiger partial charge < -0.3 is 18.9 Å². The van der Waals surface area contributed by atoms with Gasteiger partial charge in [-0.2, -0.15) is 0 Å². The van der Waals surface area contributed by atoms with Crippen molar-refractivity contribution in [2.75, 3.05) is 21.8 Å². The number of nitro groups is 2. The van der Waals surface area contributed by atoms with E-state index >= 15 is 0 Å². The second-order valence-electron chi connectivity index (χ2n) is 19.9. The summed E-state index contributed by atoms with van der Waals surface area (Å²) in [5, 5.41) is 27.0. The lowest BCUT2D eigenvalue weighted by Crippen LogP contribution is -2.59. The third-order valence-corrected chi connectivity index (χ3v) is 18.7. The molecule has 0 bridgehead atoms. The van der Waals surface area contributed by atoms with Crippen molar-refractivity contribution in [2.24, 2.45) is 0 Å². The van der Waals surface area contributed by atoms with Crippen molar-refractivity contribution in [3.63, 3.8) is 0 Å². The number of carbonyl (C=O) groups is 4. The first-order valence-electron chi connectivity index (χ1n) is 26.1. The predicted octanol–water partition coefficient (Wildman–Crippen LogP) is 9.22. The van der Waals surface area contributed by atoms with Crippen molar-refractivity contribution in [2.45, 2.75) is 99.2 Å². The molecule has 0 fully saturated rings. The Morgan fingerprint density at radius 3 is 1.13 bits per heavy atom. The van der Waals surface area contributed by atoms with Crippen LogP contribution in [0.3, 0.4) is 0 Å². The number of benzene rings is 6. The molecule has 10 rings (SSSR count). The minimum atomic E-state index is -4.50. The summed E-state index contributed by atoms with van der Waals surface area (Å²) in [6, 6.07) is 38.2. The molecule has 0 aromatic heterocycles. The molecule has 22 heteroatoms. The van der Waals surface area contributed by atoms with Gasteiger partial charge in [-0.05, 0) is 87.4 Å². The highest BCUT2D eigenvalue weighted by Crippen LogP contribution is 2.63. The van der Waals surface area contributed by atoms with E-state index in [1.54, 1.807) is 137 Å². The van der Waals surface area contributed by atoms with Crippen LogP contribution in [0.1, 0.15) is 85.8 Å². The number of nitrogens with zero attached hydrogens (tertiary/aromatic N) is 4. The Morgan fingerprint density at radius 2 is 0.829 bits per heavy atom. The van der Waals surface area contributed by atoms with E-state index in [4.69, 9.17) is 18.9 Å². The number of carbonyl (C=O) groups excluding carboxylic acids is 4. The molecule has 0 radical (unpaired) electrons. The average molecular weight is 1150 g/mol. The van der Waals surface area contributed by atoms with Crippen LogP contribution in [0, 0.1) is 34.1 Å². The van der Waals surface area contributed by atoms with Crippen molar-refractivity contribution in [1.82, 2.24) is 0 Å². The summed E-state index contributed by atoms with van der Waals surface area (Å²) < 4.78 is 81.3. The third kappa shape index (κ3) is 9.53. The summed E-state index contributed by atoms with van der Waals surface area (Å²) in [6.07, 6.45) is -0.441. The lowest BCUT2D eigenvalue weighted by molar-refractivity contribution is -0.586. The van der Waals surface area contributed by atoms with Gasteiger partial charge in [0, 0.05) is 36.5 Å². The fourth-order valence-corrected chi connectivity index (χ4v) is 15.3. The zero-order valence-corrected chi connectivity index (χ0v) is 46.9. The Balaban J connectivity index is 0.000000198. The van der Waals surface area contributed by atoms with Gasteiger partial charge in [-0.1, -0.05) is 120 Å². The molecule has 6 aromatic rings. The number of para-hydroxylation sites is 2. The summed E-state index contributed by atoms with van der Waals surface area (Å²) in [6.45, 7) is 8.84. The van der Waals surface area contributed by atoms with Crippen LogP contribution < -0.4 is 8.61 Å². The fraction of sp³-hybridized carbons (Fsp3) is 0.267. The summed E-state index contributed by atoms with van der Waals surface area (Å²) in [4.78, 5) is 77.6. The molecule has 0 saturated carbocycles. The molecule has 424 valence electrons. The van der Waals surface area contributed by atoms with Crippen LogP contribution in [0.4, 0.5) is 11.4 Å². The van der Waals surface area contributed by atoms with Crippen molar-refractivity contribution < 1.29 is 64.8 Å². The normalized spacial score (nSPS) is 21.6. The van der Waals surface area contributed by atoms with E-state index in [9.17, 15) is 56.2 Å². The van der Waals surface area contributed by atoms with E-state index in [2.05, 4.69) is 0 Å². The number of anilines is 2. The maximum atomic E-state index is 14.4. The number of hydrogen-bond donors (Lipinski definition) is 0. The van der Waals surface area contributed by atoms with Crippen LogP contribution in [-0.4, -0.2) is 75.9 Å². The van der Waals surface area contributed by atoms with E-state index in [-0.39, 0.29) is 81.0 Å². The van der Waals surface area contributed by atoms with E-state index in [0.717, 1.165) is 33.6 Å². The Morgan fingerprint density at radius 1 is 0.512 bits per heavy atom. The Kier molecular flexibility index (Phi) is 15.8. The molecular formula is C60H56N4O16S2. The summed E-state index contributed by atoms with van der Waals surface area (Å²) in [5.74, 6) is -5.87. The number of hydrogen-bond acceptors (Lipinski definition) is 16. The van der Waals surface area contributed by atoms with Crippen molar-refractivity contribution >= 4 is 55.3 Å². The standard InChI is InChI=1S/2C30H28N2O8S/c2*1-4-39-29(34)27-26(40-20(3)33)18-24(21-10-6-5-7-11-21)30(32(35)36)23-12-8-9-13-25(23)31(28(27)30)41(37,38)22-16-14-19(2)15-17-22/h2*5-17,24,28H,4,18H2,1-3H3/t2*24-,28+,30+/m00/s1. The molecule has 2 aliphatic carbocycles. The number of ether oxygens (including phenoxy) is 4. The first kappa shape index (κ1) is 57.7. The molecule has 82 heavy (non-hydrogen) atoms. The summed E-state index contributed by atoms with van der Waals surface area (Å²) in [5.41, 5.74) is -2.04. The molecule has 4 aliphatic rings. The van der Waals surface area contributed by atoms with Gasteiger partial charge in [0.1, 0.15) is 22.7 Å². The highest BCUT2D eigenvalue weighted by molar-refractivity contribution is 7.93. The lowest BCUT2D eigenvalue weighted by atomic mass is 9.65. The Labute approximate surface area is 473 Å². The average Bonchev–Trinajstić information content (AvgIpc) is 2.25. The Hall–Kier alpha value is -9.02. The first-order valence-corrected chi connectivity index (χ1v) is 28.9. The molecule has 0 saturated heterocycles. The van der Waals surface area contributed by atoms with Crippen LogP contribution in [0.5, 0.6) is 0 Å². The first-order chi connectivity index (χ1) is 39.1. The predicted molar refractivity (Wildman–Crippen MR) is 298 cm³/mol. The second kappa shape index (κ2) is 22.5. The molecule has 2 aliphatic heterocycles. The molecule has 0 amide bonds. The molecule has 2 heterocycles. The van der Waals surface area contributed by atoms with Gasteiger partial charge in [0.25, 0.3) is 31.1 Å². The summed E-state index contributed by atoms with van der Waals surface area (Å²) in [7, 11) is -9.01. The van der Waals surface area contributed by atoms with Crippen LogP contribution in [0.15, 0.2) is 190 Å². The van der Waals surface area contributed by atoms with Gasteiger partial charge in [-0.3, -0.25) is 38.4 Å². The van der Waals surface area contributed by atoms with Crippen molar-refractivity contribution in [3.8, 4) is 0 Å². The van der Waals surface area contributed by atoms with Gasteiger partial charge in [0.2, 0.25) is 0 Å². The number of allylic oxidation sites excluding steroid dienone is 2. The number of aryl methyl sites for hydroxylation is 2. The molecule has 20 nitrogen and oxygen atoms in total. The van der Waals surface area contributed by atoms with E-state index in [1.165, 1.54) is 48.5 Å². The lowest BCUT2D eigenvalue weighted by Gasteiger charge is -2.42. The molecular weight excluding hydrogens is 1100 g/mol. The maximum Gasteiger partial charge on any atom is 0.339 e. The fourth-order valence-electron chi connectivity index (χ4n) is 11.9. The van der Waals surface area contributed by atoms with Gasteiger partial charge in [-0.15, -0.1) is 0 Å². The smallest absolute Gasteiger partial charge is 0.339 e. The third-order valence-electron chi connectivity index (χ3n) is 15.1. The van der Waals surface area contributed by atoms with E-state index in [1.807, 2.05) is 0 Å². The zero-order chi connectivity index (χ0) is 59.1. The number of rotatable bonds is 14. The number of sulfonamides is 2. The van der Waals surface area contributed by atoms with Gasteiger partial charge in [-0.25, -0.2) is 26.4 Å². The van der Waals surface area contributed by atoms with Crippen LogP contribution in [0.25, 0.3) is 0 Å². The quantitative estimate of drug-likeness (QED) is 0.0425. The van der Waals surface area contributed by atoms with Crippen LogP contribution >= 0.6 is 0 Å².